The standard InChI is InChI=1S/C10H15F3N4/c1-3-7-8(14-2)16-6-17-9(7)15-5-4-10(11,12)13/h6H,3-5H2,1-2H3,(H2,14,15,16,17). The Morgan fingerprint density at radius 1 is 1.24 bits per heavy atom. The lowest BCUT2D eigenvalue weighted by Gasteiger charge is -2.13. The summed E-state index contributed by atoms with van der Waals surface area (Å²) in [7, 11) is 1.71. The average molecular weight is 248 g/mol. The summed E-state index contributed by atoms with van der Waals surface area (Å²) in [6.45, 7) is 1.71. The van der Waals surface area contributed by atoms with Gasteiger partial charge >= 0.3 is 6.18 Å². The molecule has 0 spiro atoms. The van der Waals surface area contributed by atoms with E-state index in [4.69, 9.17) is 0 Å². The summed E-state index contributed by atoms with van der Waals surface area (Å²) in [5.74, 6) is 1.09. The van der Waals surface area contributed by atoms with Crippen molar-refractivity contribution < 1.29 is 13.2 Å². The lowest BCUT2D eigenvalue weighted by molar-refractivity contribution is -0.131. The molecule has 1 heterocycles. The zero-order valence-electron chi connectivity index (χ0n) is 9.73. The Balaban J connectivity index is 2.70. The van der Waals surface area contributed by atoms with Crippen molar-refractivity contribution >= 4 is 11.6 Å². The van der Waals surface area contributed by atoms with Crippen molar-refractivity contribution in [3.05, 3.63) is 11.9 Å². The van der Waals surface area contributed by atoms with E-state index in [9.17, 15) is 13.2 Å². The van der Waals surface area contributed by atoms with Gasteiger partial charge in [0.25, 0.3) is 0 Å². The first-order valence-corrected chi connectivity index (χ1v) is 5.30. The first-order chi connectivity index (χ1) is 7.98. The lowest BCUT2D eigenvalue weighted by atomic mass is 10.2. The molecule has 0 aliphatic rings. The highest BCUT2D eigenvalue weighted by atomic mass is 19.4. The highest BCUT2D eigenvalue weighted by molar-refractivity contribution is 5.56. The molecule has 17 heavy (non-hydrogen) atoms. The number of nitrogens with one attached hydrogen (secondary N) is 2. The number of rotatable bonds is 5. The van der Waals surface area contributed by atoms with Gasteiger partial charge in [0.2, 0.25) is 0 Å². The topological polar surface area (TPSA) is 49.8 Å². The van der Waals surface area contributed by atoms with Gasteiger partial charge in [0.1, 0.15) is 18.0 Å². The van der Waals surface area contributed by atoms with Gasteiger partial charge < -0.3 is 10.6 Å². The summed E-state index contributed by atoms with van der Waals surface area (Å²) < 4.78 is 36.0. The van der Waals surface area contributed by atoms with Gasteiger partial charge in [-0.1, -0.05) is 6.92 Å². The second-order valence-corrected chi connectivity index (χ2v) is 3.44. The fourth-order valence-corrected chi connectivity index (χ4v) is 1.44. The van der Waals surface area contributed by atoms with E-state index < -0.39 is 12.6 Å². The number of alkyl halides is 3. The van der Waals surface area contributed by atoms with Crippen molar-refractivity contribution in [3.63, 3.8) is 0 Å². The fraction of sp³-hybridized carbons (Fsp3) is 0.600. The van der Waals surface area contributed by atoms with E-state index in [-0.39, 0.29) is 6.54 Å². The van der Waals surface area contributed by atoms with Crippen LogP contribution in [0.15, 0.2) is 6.33 Å². The molecule has 0 unspecified atom stereocenters. The molecule has 0 saturated carbocycles. The number of aromatic nitrogens is 2. The minimum absolute atomic E-state index is 0.184. The van der Waals surface area contributed by atoms with Crippen LogP contribution in [0.4, 0.5) is 24.8 Å². The van der Waals surface area contributed by atoms with E-state index in [0.717, 1.165) is 5.56 Å². The highest BCUT2D eigenvalue weighted by Crippen LogP contribution is 2.22. The highest BCUT2D eigenvalue weighted by Gasteiger charge is 2.26. The average Bonchev–Trinajstić information content (AvgIpc) is 2.27. The summed E-state index contributed by atoms with van der Waals surface area (Å²) >= 11 is 0. The maximum atomic E-state index is 12.0. The van der Waals surface area contributed by atoms with Crippen molar-refractivity contribution in [1.82, 2.24) is 9.97 Å². The number of halogens is 3. The molecule has 0 bridgehead atoms. The molecule has 1 aromatic heterocycles. The van der Waals surface area contributed by atoms with Crippen LogP contribution >= 0.6 is 0 Å². The molecule has 0 saturated heterocycles. The molecule has 0 radical (unpaired) electrons. The van der Waals surface area contributed by atoms with Gasteiger partial charge in [-0.15, -0.1) is 0 Å². The van der Waals surface area contributed by atoms with E-state index in [1.165, 1.54) is 6.33 Å². The molecule has 0 atom stereocenters. The summed E-state index contributed by atoms with van der Waals surface area (Å²) in [4.78, 5) is 7.95. The van der Waals surface area contributed by atoms with Gasteiger partial charge in [-0.3, -0.25) is 0 Å². The molecule has 4 nitrogen and oxygen atoms in total. The van der Waals surface area contributed by atoms with Crippen molar-refractivity contribution in [2.45, 2.75) is 25.9 Å². The van der Waals surface area contributed by atoms with Gasteiger partial charge in [0, 0.05) is 19.2 Å². The summed E-state index contributed by atoms with van der Waals surface area (Å²) in [6, 6.07) is 0. The predicted molar refractivity (Wildman–Crippen MR) is 60.1 cm³/mol. The van der Waals surface area contributed by atoms with Crippen LogP contribution in [0.25, 0.3) is 0 Å². The van der Waals surface area contributed by atoms with Crippen LogP contribution in [0.1, 0.15) is 18.9 Å². The lowest BCUT2D eigenvalue weighted by Crippen LogP contribution is -2.16. The van der Waals surface area contributed by atoms with Crippen LogP contribution in [-0.2, 0) is 6.42 Å². The molecule has 2 N–H and O–H groups in total. The Kier molecular flexibility index (Phi) is 4.53. The van der Waals surface area contributed by atoms with Crippen LogP contribution in [0.2, 0.25) is 0 Å². The maximum Gasteiger partial charge on any atom is 0.390 e. The van der Waals surface area contributed by atoms with Crippen LogP contribution in [0, 0.1) is 0 Å². The second kappa shape index (κ2) is 5.70. The van der Waals surface area contributed by atoms with E-state index >= 15 is 0 Å². The third-order valence-electron chi connectivity index (χ3n) is 2.24. The molecular formula is C10H15F3N4. The predicted octanol–water partition coefficient (Wildman–Crippen LogP) is 2.45. The van der Waals surface area contributed by atoms with Crippen LogP contribution in [-0.4, -0.2) is 29.7 Å². The molecule has 0 aromatic carbocycles. The first-order valence-electron chi connectivity index (χ1n) is 5.30. The Morgan fingerprint density at radius 2 is 1.88 bits per heavy atom. The molecule has 1 rings (SSSR count). The van der Waals surface area contributed by atoms with Gasteiger partial charge in [-0.2, -0.15) is 13.2 Å². The van der Waals surface area contributed by atoms with E-state index in [1.54, 1.807) is 7.05 Å². The zero-order valence-corrected chi connectivity index (χ0v) is 9.73. The van der Waals surface area contributed by atoms with Crippen LogP contribution < -0.4 is 10.6 Å². The first kappa shape index (κ1) is 13.5. The normalized spacial score (nSPS) is 11.4. The smallest absolute Gasteiger partial charge is 0.373 e. The number of nitrogens with zero attached hydrogens (tertiary/aromatic N) is 2. The Bertz CT molecular complexity index is 365. The van der Waals surface area contributed by atoms with Gasteiger partial charge in [-0.25, -0.2) is 9.97 Å². The van der Waals surface area contributed by atoms with Crippen LogP contribution in [0.3, 0.4) is 0 Å². The Hall–Kier alpha value is -1.53. The molecule has 0 aliphatic heterocycles. The molecule has 0 aliphatic carbocycles. The number of anilines is 2. The molecule has 96 valence electrons. The summed E-state index contributed by atoms with van der Waals surface area (Å²) in [5, 5.41) is 5.56. The molecular weight excluding hydrogens is 233 g/mol. The Labute approximate surface area is 97.7 Å². The van der Waals surface area contributed by atoms with Crippen molar-refractivity contribution in [2.75, 3.05) is 24.2 Å². The van der Waals surface area contributed by atoms with E-state index in [0.29, 0.717) is 18.1 Å². The molecule has 1 aromatic rings. The quantitative estimate of drug-likeness (QED) is 0.840. The third-order valence-corrected chi connectivity index (χ3v) is 2.24. The van der Waals surface area contributed by atoms with E-state index in [1.807, 2.05) is 6.92 Å². The summed E-state index contributed by atoms with van der Waals surface area (Å²) in [5.41, 5.74) is 0.789. The molecule has 7 heteroatoms. The molecule has 0 fully saturated rings. The minimum Gasteiger partial charge on any atom is -0.373 e. The Morgan fingerprint density at radius 3 is 2.41 bits per heavy atom. The second-order valence-electron chi connectivity index (χ2n) is 3.44. The minimum atomic E-state index is -4.15. The SMILES string of the molecule is CCc1c(NC)ncnc1NCCC(F)(F)F. The summed E-state index contributed by atoms with van der Waals surface area (Å²) in [6.07, 6.45) is -3.07. The van der Waals surface area contributed by atoms with Gasteiger partial charge in [0.15, 0.2) is 0 Å². The number of hydrogen-bond acceptors (Lipinski definition) is 4. The maximum absolute atomic E-state index is 12.0. The number of hydrogen-bond donors (Lipinski definition) is 2. The van der Waals surface area contributed by atoms with Gasteiger partial charge in [-0.05, 0) is 6.42 Å². The van der Waals surface area contributed by atoms with Crippen molar-refractivity contribution in [2.24, 2.45) is 0 Å². The van der Waals surface area contributed by atoms with Crippen molar-refractivity contribution in [1.29, 1.82) is 0 Å². The van der Waals surface area contributed by atoms with Crippen LogP contribution in [0.5, 0.6) is 0 Å². The monoisotopic (exact) mass is 248 g/mol. The van der Waals surface area contributed by atoms with Crippen molar-refractivity contribution in [3.8, 4) is 0 Å². The fourth-order valence-electron chi connectivity index (χ4n) is 1.44. The zero-order chi connectivity index (χ0) is 12.9. The third kappa shape index (κ3) is 4.08. The van der Waals surface area contributed by atoms with Gasteiger partial charge in [0.05, 0.1) is 6.42 Å². The van der Waals surface area contributed by atoms with E-state index in [2.05, 4.69) is 20.6 Å². The largest absolute Gasteiger partial charge is 0.390 e. The molecule has 0 amide bonds.